The fraction of sp³-hybridized carbons (Fsp3) is 0.455. The van der Waals surface area contributed by atoms with Crippen LogP contribution in [0.5, 0.6) is 0 Å². The highest BCUT2D eigenvalue weighted by Crippen LogP contribution is 2.24. The second-order valence-electron chi connectivity index (χ2n) is 4.13. The predicted octanol–water partition coefficient (Wildman–Crippen LogP) is 2.34. The molecular formula is C11H16N4. The van der Waals surface area contributed by atoms with Crippen LogP contribution in [0.1, 0.15) is 36.7 Å². The molecule has 2 rings (SSSR count). The summed E-state index contributed by atoms with van der Waals surface area (Å²) < 4.78 is 2.10. The van der Waals surface area contributed by atoms with Gasteiger partial charge in [0.05, 0.1) is 0 Å². The molecule has 2 aromatic heterocycles. The summed E-state index contributed by atoms with van der Waals surface area (Å²) in [5.74, 6) is 1.32. The van der Waals surface area contributed by atoms with E-state index in [2.05, 4.69) is 53.5 Å². The lowest BCUT2D eigenvalue weighted by molar-refractivity contribution is 0.827. The predicted molar refractivity (Wildman–Crippen MR) is 59.3 cm³/mol. The van der Waals surface area contributed by atoms with Crippen molar-refractivity contribution in [3.63, 3.8) is 0 Å². The maximum atomic E-state index is 4.18. The van der Waals surface area contributed by atoms with Gasteiger partial charge in [0.1, 0.15) is 6.33 Å². The first-order valence-electron chi connectivity index (χ1n) is 5.16. The average molecular weight is 204 g/mol. The second kappa shape index (κ2) is 3.53. The van der Waals surface area contributed by atoms with E-state index < -0.39 is 0 Å². The van der Waals surface area contributed by atoms with Crippen LogP contribution in [0.4, 0.5) is 0 Å². The molecule has 0 fully saturated rings. The van der Waals surface area contributed by atoms with Crippen molar-refractivity contribution >= 4 is 0 Å². The van der Waals surface area contributed by atoms with Crippen LogP contribution in [-0.4, -0.2) is 19.7 Å². The third kappa shape index (κ3) is 1.56. The Labute approximate surface area is 89.3 Å². The Morgan fingerprint density at radius 3 is 2.53 bits per heavy atom. The van der Waals surface area contributed by atoms with Gasteiger partial charge in [-0.1, -0.05) is 13.8 Å². The van der Waals surface area contributed by atoms with E-state index >= 15 is 0 Å². The summed E-state index contributed by atoms with van der Waals surface area (Å²) in [7, 11) is 0. The standard InChI is InChI=1S/C11H16N4/c1-7(2)10-5-8(3)15(9(10)4)11-12-6-13-14-11/h5-7H,1-4H3,(H,12,13,14). The third-order valence-corrected chi connectivity index (χ3v) is 2.71. The van der Waals surface area contributed by atoms with Gasteiger partial charge < -0.3 is 0 Å². The maximum Gasteiger partial charge on any atom is 0.229 e. The Balaban J connectivity index is 2.58. The molecule has 1 N–H and O–H groups in total. The van der Waals surface area contributed by atoms with Crippen LogP contribution >= 0.6 is 0 Å². The number of nitrogens with one attached hydrogen (secondary N) is 1. The number of hydrogen-bond donors (Lipinski definition) is 1. The summed E-state index contributed by atoms with van der Waals surface area (Å²) in [5.41, 5.74) is 3.79. The molecule has 4 nitrogen and oxygen atoms in total. The first kappa shape index (κ1) is 9.96. The van der Waals surface area contributed by atoms with E-state index in [1.807, 2.05) is 0 Å². The van der Waals surface area contributed by atoms with Gasteiger partial charge >= 0.3 is 0 Å². The highest BCUT2D eigenvalue weighted by atomic mass is 15.3. The zero-order valence-corrected chi connectivity index (χ0v) is 9.57. The molecule has 0 bridgehead atoms. The van der Waals surface area contributed by atoms with Crippen molar-refractivity contribution in [2.24, 2.45) is 0 Å². The summed E-state index contributed by atoms with van der Waals surface area (Å²) in [6.07, 6.45) is 1.53. The highest BCUT2D eigenvalue weighted by Gasteiger charge is 2.13. The molecule has 0 amide bonds. The van der Waals surface area contributed by atoms with E-state index in [4.69, 9.17) is 0 Å². The first-order chi connectivity index (χ1) is 7.11. The van der Waals surface area contributed by atoms with Crippen molar-refractivity contribution in [2.45, 2.75) is 33.6 Å². The molecule has 0 radical (unpaired) electrons. The third-order valence-electron chi connectivity index (χ3n) is 2.71. The molecule has 2 heterocycles. The van der Waals surface area contributed by atoms with E-state index in [0.29, 0.717) is 5.92 Å². The van der Waals surface area contributed by atoms with Crippen LogP contribution in [0.3, 0.4) is 0 Å². The van der Waals surface area contributed by atoms with E-state index in [0.717, 1.165) is 5.95 Å². The minimum Gasteiger partial charge on any atom is -0.287 e. The largest absolute Gasteiger partial charge is 0.287 e. The van der Waals surface area contributed by atoms with Crippen molar-refractivity contribution in [3.8, 4) is 5.95 Å². The van der Waals surface area contributed by atoms with Gasteiger partial charge in [-0.05, 0) is 31.4 Å². The number of nitrogens with zero attached hydrogens (tertiary/aromatic N) is 3. The van der Waals surface area contributed by atoms with Crippen LogP contribution in [0.2, 0.25) is 0 Å². The van der Waals surface area contributed by atoms with E-state index in [-0.39, 0.29) is 0 Å². The molecule has 2 aromatic rings. The Kier molecular flexibility index (Phi) is 2.34. The van der Waals surface area contributed by atoms with Gasteiger partial charge in [0.2, 0.25) is 5.95 Å². The fourth-order valence-electron chi connectivity index (χ4n) is 2.00. The number of aryl methyl sites for hydroxylation is 1. The quantitative estimate of drug-likeness (QED) is 0.816. The van der Waals surface area contributed by atoms with E-state index in [1.165, 1.54) is 23.3 Å². The van der Waals surface area contributed by atoms with Crippen molar-refractivity contribution < 1.29 is 0 Å². The van der Waals surface area contributed by atoms with Crippen molar-refractivity contribution in [2.75, 3.05) is 0 Å². The normalized spacial score (nSPS) is 11.3. The van der Waals surface area contributed by atoms with Gasteiger partial charge in [-0.2, -0.15) is 10.1 Å². The number of rotatable bonds is 2. The number of hydrogen-bond acceptors (Lipinski definition) is 2. The monoisotopic (exact) mass is 204 g/mol. The van der Waals surface area contributed by atoms with Gasteiger partial charge in [0, 0.05) is 11.4 Å². The lowest BCUT2D eigenvalue weighted by atomic mass is 10.0. The SMILES string of the molecule is Cc1cc(C(C)C)c(C)n1-c1ncn[nH]1. The van der Waals surface area contributed by atoms with Crippen LogP contribution in [0.25, 0.3) is 5.95 Å². The van der Waals surface area contributed by atoms with Gasteiger partial charge in [0.25, 0.3) is 0 Å². The Morgan fingerprint density at radius 1 is 1.33 bits per heavy atom. The molecule has 0 aromatic carbocycles. The molecule has 80 valence electrons. The molecule has 0 spiro atoms. The van der Waals surface area contributed by atoms with Crippen LogP contribution in [0.15, 0.2) is 12.4 Å². The lowest BCUT2D eigenvalue weighted by Gasteiger charge is -2.07. The second-order valence-corrected chi connectivity index (χ2v) is 4.13. The molecule has 0 aliphatic carbocycles. The zero-order chi connectivity index (χ0) is 11.0. The van der Waals surface area contributed by atoms with E-state index in [9.17, 15) is 0 Å². The van der Waals surface area contributed by atoms with Gasteiger partial charge in [0.15, 0.2) is 0 Å². The Morgan fingerprint density at radius 2 is 2.07 bits per heavy atom. The molecule has 0 saturated heterocycles. The molecule has 4 heteroatoms. The van der Waals surface area contributed by atoms with Crippen molar-refractivity contribution in [1.82, 2.24) is 19.7 Å². The summed E-state index contributed by atoms with van der Waals surface area (Å²) >= 11 is 0. The lowest BCUT2D eigenvalue weighted by Crippen LogP contribution is -2.02. The van der Waals surface area contributed by atoms with Gasteiger partial charge in [-0.15, -0.1) is 0 Å². The molecule has 0 aliphatic heterocycles. The zero-order valence-electron chi connectivity index (χ0n) is 9.57. The maximum absolute atomic E-state index is 4.18. The highest BCUT2D eigenvalue weighted by molar-refractivity contribution is 5.34. The molecule has 0 unspecified atom stereocenters. The van der Waals surface area contributed by atoms with Crippen LogP contribution in [0, 0.1) is 13.8 Å². The van der Waals surface area contributed by atoms with Crippen molar-refractivity contribution in [3.05, 3.63) is 29.3 Å². The smallest absolute Gasteiger partial charge is 0.229 e. The Bertz CT molecular complexity index is 451. The molecule has 0 saturated carbocycles. The topological polar surface area (TPSA) is 46.5 Å². The number of aromatic amines is 1. The molecular weight excluding hydrogens is 188 g/mol. The molecule has 0 aliphatic rings. The molecule has 15 heavy (non-hydrogen) atoms. The van der Waals surface area contributed by atoms with Crippen molar-refractivity contribution in [1.29, 1.82) is 0 Å². The minimum atomic E-state index is 0.535. The van der Waals surface area contributed by atoms with Crippen LogP contribution in [-0.2, 0) is 0 Å². The summed E-state index contributed by atoms with van der Waals surface area (Å²) in [5, 5.41) is 6.77. The average Bonchev–Trinajstić information content (AvgIpc) is 2.73. The summed E-state index contributed by atoms with van der Waals surface area (Å²) in [6.45, 7) is 8.60. The Hall–Kier alpha value is -1.58. The number of H-pyrrole nitrogens is 1. The molecule has 0 atom stereocenters. The first-order valence-corrected chi connectivity index (χ1v) is 5.16. The van der Waals surface area contributed by atoms with Gasteiger partial charge in [-0.25, -0.2) is 5.10 Å². The summed E-state index contributed by atoms with van der Waals surface area (Å²) in [6, 6.07) is 2.21. The number of aromatic nitrogens is 4. The minimum absolute atomic E-state index is 0.535. The van der Waals surface area contributed by atoms with Gasteiger partial charge in [-0.3, -0.25) is 4.57 Å². The van der Waals surface area contributed by atoms with E-state index in [1.54, 1.807) is 0 Å². The summed E-state index contributed by atoms with van der Waals surface area (Å²) in [4.78, 5) is 4.18. The fourth-order valence-corrected chi connectivity index (χ4v) is 2.00. The van der Waals surface area contributed by atoms with Crippen LogP contribution < -0.4 is 0 Å².